The first kappa shape index (κ1) is 17.0. The van der Waals surface area contributed by atoms with Gasteiger partial charge in [0.15, 0.2) is 0 Å². The summed E-state index contributed by atoms with van der Waals surface area (Å²) in [7, 11) is 0. The molecule has 0 unspecified atom stereocenters. The van der Waals surface area contributed by atoms with Crippen molar-refractivity contribution >= 4 is 29.4 Å². The van der Waals surface area contributed by atoms with Crippen LogP contribution < -0.4 is 10.7 Å². The highest BCUT2D eigenvalue weighted by atomic mass is 35.5. The zero-order valence-electron chi connectivity index (χ0n) is 13.2. The van der Waals surface area contributed by atoms with Crippen molar-refractivity contribution in [3.05, 3.63) is 64.7 Å². The van der Waals surface area contributed by atoms with E-state index in [9.17, 15) is 4.79 Å². The second-order valence-electron chi connectivity index (χ2n) is 5.45. The number of hydrogen-bond donors (Lipinski definition) is 2. The van der Waals surface area contributed by atoms with Crippen molar-refractivity contribution in [3.8, 4) is 0 Å². The molecule has 0 atom stereocenters. The third-order valence-electron chi connectivity index (χ3n) is 3.32. The molecular formula is C18H20ClN3O. The van der Waals surface area contributed by atoms with Gasteiger partial charge in [-0.1, -0.05) is 61.8 Å². The number of carbonyl (C=O) groups excluding carboxylic acids is 1. The summed E-state index contributed by atoms with van der Waals surface area (Å²) in [6, 6.07) is 15.4. The molecule has 0 spiro atoms. The molecule has 0 radical (unpaired) electrons. The Bertz CT molecular complexity index is 681. The fourth-order valence-electron chi connectivity index (χ4n) is 1.97. The summed E-state index contributed by atoms with van der Waals surface area (Å²) in [5.41, 5.74) is 5.42. The molecule has 2 aromatic carbocycles. The molecule has 1 amide bonds. The van der Waals surface area contributed by atoms with E-state index in [0.717, 1.165) is 11.3 Å². The van der Waals surface area contributed by atoms with Crippen LogP contribution in [0, 0.1) is 0 Å². The topological polar surface area (TPSA) is 53.5 Å². The number of hydrazone groups is 1. The van der Waals surface area contributed by atoms with Crippen molar-refractivity contribution in [1.82, 2.24) is 5.43 Å². The molecule has 0 aliphatic heterocycles. The highest BCUT2D eigenvalue weighted by molar-refractivity contribution is 6.33. The van der Waals surface area contributed by atoms with Gasteiger partial charge in [0, 0.05) is 0 Å². The number of benzene rings is 2. The summed E-state index contributed by atoms with van der Waals surface area (Å²) in [6.07, 6.45) is 1.62. The first-order valence-corrected chi connectivity index (χ1v) is 7.84. The van der Waals surface area contributed by atoms with Gasteiger partial charge in [0.05, 0.1) is 23.5 Å². The average molecular weight is 330 g/mol. The largest absolute Gasteiger partial charge is 0.375 e. The third-order valence-corrected chi connectivity index (χ3v) is 3.65. The van der Waals surface area contributed by atoms with Gasteiger partial charge in [0.2, 0.25) is 0 Å². The van der Waals surface area contributed by atoms with Gasteiger partial charge in [0.1, 0.15) is 0 Å². The van der Waals surface area contributed by atoms with Gasteiger partial charge in [-0.3, -0.25) is 4.79 Å². The lowest BCUT2D eigenvalue weighted by Gasteiger charge is -2.06. The lowest BCUT2D eigenvalue weighted by Crippen LogP contribution is -2.25. The second-order valence-corrected chi connectivity index (χ2v) is 5.86. The number of nitrogens with zero attached hydrogens (tertiary/aromatic N) is 1. The summed E-state index contributed by atoms with van der Waals surface area (Å²) in [6.45, 7) is 4.40. The SMILES string of the molecule is CC(C)c1ccc(/C=N\NC(=O)CNc2ccccc2Cl)cc1. The Hall–Kier alpha value is -2.33. The number of amides is 1. The lowest BCUT2D eigenvalue weighted by atomic mass is 10.0. The van der Waals surface area contributed by atoms with Crippen molar-refractivity contribution in [2.45, 2.75) is 19.8 Å². The Labute approximate surface area is 141 Å². The minimum atomic E-state index is -0.236. The molecule has 0 saturated carbocycles. The number of carbonyl (C=O) groups is 1. The number of rotatable bonds is 6. The fourth-order valence-corrected chi connectivity index (χ4v) is 2.17. The summed E-state index contributed by atoms with van der Waals surface area (Å²) < 4.78 is 0. The monoisotopic (exact) mass is 329 g/mol. The van der Waals surface area contributed by atoms with Gasteiger partial charge < -0.3 is 5.32 Å². The zero-order valence-corrected chi connectivity index (χ0v) is 14.0. The number of para-hydroxylation sites is 1. The third kappa shape index (κ3) is 5.42. The first-order chi connectivity index (χ1) is 11.1. The Morgan fingerprint density at radius 3 is 2.52 bits per heavy atom. The Kier molecular flexibility index (Phi) is 6.18. The normalized spacial score (nSPS) is 11.0. The van der Waals surface area contributed by atoms with E-state index in [-0.39, 0.29) is 12.5 Å². The van der Waals surface area contributed by atoms with E-state index in [2.05, 4.69) is 41.8 Å². The van der Waals surface area contributed by atoms with Crippen LogP contribution in [-0.2, 0) is 4.79 Å². The van der Waals surface area contributed by atoms with Gasteiger partial charge in [-0.2, -0.15) is 5.10 Å². The fraction of sp³-hybridized carbons (Fsp3) is 0.222. The molecule has 0 bridgehead atoms. The molecule has 0 aliphatic carbocycles. The maximum absolute atomic E-state index is 11.7. The van der Waals surface area contributed by atoms with Crippen LogP contribution in [0.15, 0.2) is 53.6 Å². The van der Waals surface area contributed by atoms with Gasteiger partial charge in [-0.15, -0.1) is 0 Å². The van der Waals surface area contributed by atoms with Crippen LogP contribution in [-0.4, -0.2) is 18.7 Å². The van der Waals surface area contributed by atoms with E-state index >= 15 is 0 Å². The Morgan fingerprint density at radius 2 is 1.87 bits per heavy atom. The van der Waals surface area contributed by atoms with Crippen LogP contribution in [0.1, 0.15) is 30.9 Å². The van der Waals surface area contributed by atoms with E-state index in [1.807, 2.05) is 30.3 Å². The van der Waals surface area contributed by atoms with Crippen LogP contribution in [0.25, 0.3) is 0 Å². The molecule has 2 aromatic rings. The van der Waals surface area contributed by atoms with Crippen LogP contribution in [0.2, 0.25) is 5.02 Å². The summed E-state index contributed by atoms with van der Waals surface area (Å²) in [4.78, 5) is 11.7. The van der Waals surface area contributed by atoms with Crippen LogP contribution >= 0.6 is 11.6 Å². The minimum Gasteiger partial charge on any atom is -0.375 e. The van der Waals surface area contributed by atoms with E-state index in [4.69, 9.17) is 11.6 Å². The van der Waals surface area contributed by atoms with Gasteiger partial charge in [-0.05, 0) is 29.2 Å². The number of nitrogens with one attached hydrogen (secondary N) is 2. The Balaban J connectivity index is 1.80. The predicted molar refractivity (Wildman–Crippen MR) is 96.2 cm³/mol. The molecule has 0 fully saturated rings. The van der Waals surface area contributed by atoms with Crippen molar-refractivity contribution in [3.63, 3.8) is 0 Å². The minimum absolute atomic E-state index is 0.105. The maximum Gasteiger partial charge on any atom is 0.259 e. The molecule has 23 heavy (non-hydrogen) atoms. The van der Waals surface area contributed by atoms with Gasteiger partial charge in [0.25, 0.3) is 5.91 Å². The summed E-state index contributed by atoms with van der Waals surface area (Å²) in [5.74, 6) is 0.261. The molecule has 120 valence electrons. The first-order valence-electron chi connectivity index (χ1n) is 7.46. The van der Waals surface area contributed by atoms with Crippen molar-refractivity contribution < 1.29 is 4.79 Å². The zero-order chi connectivity index (χ0) is 16.7. The molecular weight excluding hydrogens is 310 g/mol. The lowest BCUT2D eigenvalue weighted by molar-refractivity contribution is -0.119. The molecule has 5 heteroatoms. The maximum atomic E-state index is 11.7. The van der Waals surface area contributed by atoms with E-state index in [1.54, 1.807) is 12.3 Å². The van der Waals surface area contributed by atoms with E-state index in [1.165, 1.54) is 5.56 Å². The molecule has 0 heterocycles. The van der Waals surface area contributed by atoms with Crippen molar-refractivity contribution in [2.75, 3.05) is 11.9 Å². The second kappa shape index (κ2) is 8.34. The molecule has 0 saturated heterocycles. The smallest absolute Gasteiger partial charge is 0.259 e. The quantitative estimate of drug-likeness (QED) is 0.621. The predicted octanol–water partition coefficient (Wildman–Crippen LogP) is 4.03. The number of anilines is 1. The molecule has 4 nitrogen and oxygen atoms in total. The number of halogens is 1. The number of hydrogen-bond acceptors (Lipinski definition) is 3. The van der Waals surface area contributed by atoms with Crippen LogP contribution in [0.3, 0.4) is 0 Å². The standard InChI is InChI=1S/C18H20ClN3O/c1-13(2)15-9-7-14(8-10-15)11-21-22-18(23)12-20-17-6-4-3-5-16(17)19/h3-11,13,20H,12H2,1-2H3,(H,22,23)/b21-11-. The van der Waals surface area contributed by atoms with E-state index < -0.39 is 0 Å². The summed E-state index contributed by atoms with van der Waals surface area (Å²) >= 11 is 6.00. The Morgan fingerprint density at radius 1 is 1.17 bits per heavy atom. The highest BCUT2D eigenvalue weighted by Crippen LogP contribution is 2.19. The summed E-state index contributed by atoms with van der Waals surface area (Å²) in [5, 5.41) is 7.49. The molecule has 2 N–H and O–H groups in total. The molecule has 2 rings (SSSR count). The molecule has 0 aliphatic rings. The highest BCUT2D eigenvalue weighted by Gasteiger charge is 2.02. The van der Waals surface area contributed by atoms with Crippen molar-refractivity contribution in [1.29, 1.82) is 0 Å². The van der Waals surface area contributed by atoms with Gasteiger partial charge >= 0.3 is 0 Å². The van der Waals surface area contributed by atoms with E-state index in [0.29, 0.717) is 10.9 Å². The van der Waals surface area contributed by atoms with Gasteiger partial charge in [-0.25, -0.2) is 5.43 Å². The van der Waals surface area contributed by atoms with Crippen molar-refractivity contribution in [2.24, 2.45) is 5.10 Å². The van der Waals surface area contributed by atoms with Crippen LogP contribution in [0.4, 0.5) is 5.69 Å². The average Bonchev–Trinajstić information content (AvgIpc) is 2.54. The van der Waals surface area contributed by atoms with Crippen LogP contribution in [0.5, 0.6) is 0 Å². The molecule has 0 aromatic heterocycles.